The summed E-state index contributed by atoms with van der Waals surface area (Å²) in [6.45, 7) is 0. The predicted octanol–water partition coefficient (Wildman–Crippen LogP) is -0.280. The Balaban J connectivity index is -0.0000000980. The van der Waals surface area contributed by atoms with Crippen molar-refractivity contribution in [2.45, 2.75) is 11.0 Å². The van der Waals surface area contributed by atoms with Crippen molar-refractivity contribution in [2.75, 3.05) is 0 Å². The first-order chi connectivity index (χ1) is 6.50. The van der Waals surface area contributed by atoms with Crippen molar-refractivity contribution in [3.8, 4) is 0 Å². The summed E-state index contributed by atoms with van der Waals surface area (Å²) in [5.74, 6) is 0. The van der Waals surface area contributed by atoms with Gasteiger partial charge in [-0.2, -0.15) is 26.3 Å². The maximum absolute atomic E-state index is 10.7. The van der Waals surface area contributed by atoms with Crippen LogP contribution in [0.4, 0.5) is 26.3 Å². The van der Waals surface area contributed by atoms with Gasteiger partial charge in [0.15, 0.2) is 20.2 Å². The molecule has 18 heavy (non-hydrogen) atoms. The fourth-order valence-electron chi connectivity index (χ4n) is 0. The summed E-state index contributed by atoms with van der Waals surface area (Å²) in [6, 6.07) is 0. The Bertz CT molecular complexity index is 380. The summed E-state index contributed by atoms with van der Waals surface area (Å²) in [4.78, 5) is 0. The number of rotatable bonds is 0. The van der Waals surface area contributed by atoms with E-state index < -0.39 is 31.3 Å². The molecule has 0 saturated carbocycles. The van der Waals surface area contributed by atoms with Gasteiger partial charge in [-0.3, -0.25) is 0 Å². The van der Waals surface area contributed by atoms with Crippen molar-refractivity contribution in [3.63, 3.8) is 0 Å². The number of hydrogen-bond acceptors (Lipinski definition) is 6. The molecule has 0 amide bonds. The molecule has 0 heterocycles. The minimum absolute atomic E-state index is 0. The summed E-state index contributed by atoms with van der Waals surface area (Å²) in [5.41, 5.74) is -11.3. The first-order valence-electron chi connectivity index (χ1n) is 2.54. The first kappa shape index (κ1) is 27.2. The zero-order valence-corrected chi connectivity index (χ0v) is 15.2. The summed E-state index contributed by atoms with van der Waals surface area (Å²) in [7, 11) is -12.2. The molecule has 0 fully saturated rings. The van der Waals surface area contributed by atoms with Gasteiger partial charge in [-0.1, -0.05) is 0 Å². The predicted molar refractivity (Wildman–Crippen MR) is 37.3 cm³/mol. The molecule has 0 spiro atoms. The third-order valence-electron chi connectivity index (χ3n) is 0.567. The molecule has 16 heteroatoms. The van der Waals surface area contributed by atoms with Gasteiger partial charge in [0.05, 0.1) is 0 Å². The normalized spacial score (nSPS) is 12.4. The van der Waals surface area contributed by atoms with E-state index in [1.165, 1.54) is 0 Å². The monoisotopic (exact) mass is 482 g/mol. The Hall–Kier alpha value is 0.822. The van der Waals surface area contributed by atoms with Crippen molar-refractivity contribution in [2.24, 2.45) is 0 Å². The first-order valence-corrected chi connectivity index (χ1v) is 5.36. The van der Waals surface area contributed by atoms with Crippen LogP contribution in [-0.2, 0) is 39.7 Å². The molecule has 6 nitrogen and oxygen atoms in total. The fraction of sp³-hybridized carbons (Fsp3) is 1.00. The fourth-order valence-corrected chi connectivity index (χ4v) is 0. The van der Waals surface area contributed by atoms with E-state index in [1.807, 2.05) is 0 Å². The molecule has 0 aromatic rings. The van der Waals surface area contributed by atoms with Gasteiger partial charge in [0.25, 0.3) is 0 Å². The van der Waals surface area contributed by atoms with Gasteiger partial charge < -0.3 is 9.11 Å². The zero-order valence-electron chi connectivity index (χ0n) is 7.74. The Morgan fingerprint density at radius 3 is 0.722 bits per heavy atom. The van der Waals surface area contributed by atoms with Crippen LogP contribution in [0.1, 0.15) is 0 Å². The van der Waals surface area contributed by atoms with Crippen molar-refractivity contribution >= 4 is 44.1 Å². The summed E-state index contributed by atoms with van der Waals surface area (Å²) in [6.07, 6.45) is 0. The molecule has 0 aliphatic heterocycles. The molecular formula is C2F6O6S2SnZn+4. The molecule has 0 saturated heterocycles. The summed E-state index contributed by atoms with van der Waals surface area (Å²) >= 11 is 0. The second-order valence-corrected chi connectivity index (χ2v) is 4.54. The average Bonchev–Trinajstić information content (AvgIpc) is 1.77. The molecule has 0 unspecified atom stereocenters. The molecular weight excluding hydrogens is 482 g/mol. The zero-order chi connectivity index (χ0) is 14.0. The number of hydrogen-bond donors (Lipinski definition) is 0. The van der Waals surface area contributed by atoms with Crippen LogP contribution in [-0.4, -0.2) is 60.9 Å². The van der Waals surface area contributed by atoms with E-state index in [2.05, 4.69) is 0 Å². The van der Waals surface area contributed by atoms with Crippen LogP contribution < -0.4 is 0 Å². The van der Waals surface area contributed by atoms with Crippen LogP contribution >= 0.6 is 0 Å². The van der Waals surface area contributed by atoms with Crippen molar-refractivity contribution in [3.05, 3.63) is 0 Å². The molecule has 0 aromatic carbocycles. The van der Waals surface area contributed by atoms with Crippen LogP contribution in [0.2, 0.25) is 0 Å². The standard InChI is InChI=1S/2CHF3O3S.Sn.Zn/c2*2-1(3,4)8(5,6)7;;/h2*(H,5,6,7);;/q;;+4;+2/p-2. The van der Waals surface area contributed by atoms with Gasteiger partial charge in [-0.25, -0.2) is 16.8 Å². The molecule has 0 N–H and O–H groups in total. The van der Waals surface area contributed by atoms with E-state index in [0.717, 1.165) is 0 Å². The largest absolute Gasteiger partial charge is 4.00 e. The molecule has 0 aliphatic rings. The topological polar surface area (TPSA) is 114 Å². The quantitative estimate of drug-likeness (QED) is 0.203. The van der Waals surface area contributed by atoms with Crippen molar-refractivity contribution in [1.82, 2.24) is 0 Å². The van der Waals surface area contributed by atoms with E-state index in [-0.39, 0.29) is 43.4 Å². The number of halogens is 6. The van der Waals surface area contributed by atoms with Gasteiger partial charge in [-0.05, 0) is 0 Å². The van der Waals surface area contributed by atoms with Gasteiger partial charge in [0, 0.05) is 0 Å². The molecule has 0 radical (unpaired) electrons. The SMILES string of the molecule is O=S(=O)([O-])C(F)(F)F.O=S(=O)([O-])C(F)(F)F.[Sn+4].[Zn+2]. The Labute approximate surface area is 126 Å². The van der Waals surface area contributed by atoms with E-state index >= 15 is 0 Å². The Kier molecular flexibility index (Phi) is 12.4. The Morgan fingerprint density at radius 1 is 0.667 bits per heavy atom. The van der Waals surface area contributed by atoms with E-state index in [4.69, 9.17) is 25.9 Å². The molecule has 0 rings (SSSR count). The molecule has 0 aliphatic carbocycles. The second-order valence-electron chi connectivity index (χ2n) is 1.80. The molecule has 0 atom stereocenters. The Morgan fingerprint density at radius 2 is 0.722 bits per heavy atom. The molecule has 100 valence electrons. The molecule has 0 bridgehead atoms. The van der Waals surface area contributed by atoms with Gasteiger partial charge >= 0.3 is 54.4 Å². The smallest absolute Gasteiger partial charge is 0.741 e. The molecule has 0 aromatic heterocycles. The summed E-state index contributed by atoms with van der Waals surface area (Å²) in [5, 5.41) is 0. The van der Waals surface area contributed by atoms with Gasteiger partial charge in [-0.15, -0.1) is 0 Å². The maximum Gasteiger partial charge on any atom is 4.00 e. The average molecular weight is 482 g/mol. The minimum atomic E-state index is -6.09. The van der Waals surface area contributed by atoms with E-state index in [0.29, 0.717) is 0 Å². The van der Waals surface area contributed by atoms with Gasteiger partial charge in [0.2, 0.25) is 0 Å². The number of alkyl halides is 6. The third-order valence-corrected chi connectivity index (χ3v) is 1.70. The van der Waals surface area contributed by atoms with Crippen LogP contribution in [0.3, 0.4) is 0 Å². The van der Waals surface area contributed by atoms with Crippen LogP contribution in [0.15, 0.2) is 0 Å². The van der Waals surface area contributed by atoms with Crippen LogP contribution in [0.5, 0.6) is 0 Å². The second kappa shape index (κ2) is 8.19. The van der Waals surface area contributed by atoms with E-state index in [9.17, 15) is 26.3 Å². The van der Waals surface area contributed by atoms with Gasteiger partial charge in [0.1, 0.15) is 0 Å². The van der Waals surface area contributed by atoms with E-state index in [1.54, 1.807) is 0 Å². The summed E-state index contributed by atoms with van der Waals surface area (Å²) < 4.78 is 118. The maximum atomic E-state index is 10.7. The van der Waals surface area contributed by atoms with Crippen molar-refractivity contribution < 1.29 is 71.8 Å². The van der Waals surface area contributed by atoms with Crippen LogP contribution in [0, 0.1) is 0 Å². The van der Waals surface area contributed by atoms with Crippen LogP contribution in [0.25, 0.3) is 0 Å². The third kappa shape index (κ3) is 11.9. The minimum Gasteiger partial charge on any atom is -0.741 e. The van der Waals surface area contributed by atoms with Crippen molar-refractivity contribution in [1.29, 1.82) is 0 Å².